The molecule has 4 saturated carbocycles. The maximum Gasteiger partial charge on any atom is 0.254 e. The van der Waals surface area contributed by atoms with Gasteiger partial charge in [-0.3, -0.25) is 4.79 Å². The minimum Gasteiger partial charge on any atom is -0.351 e. The van der Waals surface area contributed by atoms with Crippen molar-refractivity contribution in [1.29, 1.82) is 0 Å². The molecule has 1 heterocycles. The van der Waals surface area contributed by atoms with Gasteiger partial charge in [0.2, 0.25) is 0 Å². The number of amides is 1. The highest BCUT2D eigenvalue weighted by molar-refractivity contribution is 7.99. The third-order valence-corrected chi connectivity index (χ3v) is 7.20. The largest absolute Gasteiger partial charge is 0.351 e. The van der Waals surface area contributed by atoms with Crippen molar-refractivity contribution >= 4 is 17.7 Å². The van der Waals surface area contributed by atoms with Crippen LogP contribution in [0.2, 0.25) is 0 Å². The number of nitrogens with two attached hydrogens (primary N) is 1. The number of pyridine rings is 1. The fraction of sp³-hybridized carbons (Fsp3) is 0.684. The van der Waals surface area contributed by atoms with Gasteiger partial charge in [-0.05, 0) is 73.8 Å². The summed E-state index contributed by atoms with van der Waals surface area (Å²) in [7, 11) is 0. The van der Waals surface area contributed by atoms with Crippen molar-refractivity contribution in [3.63, 3.8) is 0 Å². The van der Waals surface area contributed by atoms with Crippen molar-refractivity contribution in [3.05, 3.63) is 23.9 Å². The molecule has 4 aliphatic rings. The van der Waals surface area contributed by atoms with Crippen LogP contribution in [0.25, 0.3) is 0 Å². The van der Waals surface area contributed by atoms with Gasteiger partial charge in [0.05, 0.1) is 5.56 Å². The molecule has 1 amide bonds. The van der Waals surface area contributed by atoms with Crippen LogP contribution in [0.15, 0.2) is 23.4 Å². The minimum absolute atomic E-state index is 0.0263. The zero-order valence-electron chi connectivity index (χ0n) is 14.2. The zero-order valence-corrected chi connectivity index (χ0v) is 15.0. The van der Waals surface area contributed by atoms with Gasteiger partial charge in [0.1, 0.15) is 5.03 Å². The molecule has 5 rings (SSSR count). The summed E-state index contributed by atoms with van der Waals surface area (Å²) in [4.78, 5) is 17.1. The molecular weight excluding hydrogens is 318 g/mol. The Hall–Kier alpha value is -1.07. The summed E-state index contributed by atoms with van der Waals surface area (Å²) < 4.78 is 0. The molecule has 1 aromatic heterocycles. The number of nitrogens with one attached hydrogen (secondary N) is 1. The molecule has 0 spiro atoms. The van der Waals surface area contributed by atoms with Gasteiger partial charge < -0.3 is 11.1 Å². The predicted octanol–water partition coefficient (Wildman–Crippen LogP) is 3.08. The van der Waals surface area contributed by atoms with Gasteiger partial charge in [-0.25, -0.2) is 4.98 Å². The van der Waals surface area contributed by atoms with Crippen molar-refractivity contribution in [3.8, 4) is 0 Å². The number of rotatable bonds is 6. The normalized spacial score (nSPS) is 33.6. The van der Waals surface area contributed by atoms with Crippen LogP contribution >= 0.6 is 11.8 Å². The van der Waals surface area contributed by atoms with E-state index in [1.165, 1.54) is 38.5 Å². The molecule has 0 radical (unpaired) electrons. The third kappa shape index (κ3) is 3.21. The Morgan fingerprint density at radius 3 is 2.54 bits per heavy atom. The van der Waals surface area contributed by atoms with E-state index in [-0.39, 0.29) is 5.91 Å². The standard InChI is InChI=1S/C19H27N3OS/c20-3-5-24-18-16(2-1-4-21-18)17(23)22-12-19-9-13-6-14(10-19)8-15(7-13)11-19/h1-2,4,13-15H,3,5-12,20H2,(H,22,23). The molecule has 5 heteroatoms. The Balaban J connectivity index is 1.42. The van der Waals surface area contributed by atoms with Gasteiger partial charge in [0.25, 0.3) is 5.91 Å². The second kappa shape index (κ2) is 6.68. The van der Waals surface area contributed by atoms with Crippen molar-refractivity contribution in [1.82, 2.24) is 10.3 Å². The maximum absolute atomic E-state index is 12.7. The Bertz CT molecular complexity index is 583. The van der Waals surface area contributed by atoms with Crippen LogP contribution in [-0.4, -0.2) is 29.7 Å². The molecule has 4 bridgehead atoms. The number of thioether (sulfide) groups is 1. The second-order valence-electron chi connectivity index (χ2n) is 8.09. The highest BCUT2D eigenvalue weighted by Gasteiger charge is 2.50. The van der Waals surface area contributed by atoms with E-state index in [0.717, 1.165) is 35.1 Å². The number of carbonyl (C=O) groups is 1. The molecular formula is C19H27N3OS. The Morgan fingerprint density at radius 2 is 1.92 bits per heavy atom. The maximum atomic E-state index is 12.7. The lowest BCUT2D eigenvalue weighted by Gasteiger charge is -2.56. The van der Waals surface area contributed by atoms with Gasteiger partial charge in [0, 0.05) is 25.0 Å². The van der Waals surface area contributed by atoms with Crippen LogP contribution in [-0.2, 0) is 0 Å². The van der Waals surface area contributed by atoms with Crippen molar-refractivity contribution in [2.24, 2.45) is 28.9 Å². The summed E-state index contributed by atoms with van der Waals surface area (Å²) in [6.45, 7) is 1.43. The number of hydrogen-bond donors (Lipinski definition) is 2. The lowest BCUT2D eigenvalue weighted by molar-refractivity contribution is -0.0503. The fourth-order valence-corrected chi connectivity index (χ4v) is 6.47. The van der Waals surface area contributed by atoms with E-state index >= 15 is 0 Å². The molecule has 130 valence electrons. The van der Waals surface area contributed by atoms with E-state index in [4.69, 9.17) is 5.73 Å². The number of hydrogen-bond acceptors (Lipinski definition) is 4. The third-order valence-electron chi connectivity index (χ3n) is 6.16. The molecule has 4 aliphatic carbocycles. The van der Waals surface area contributed by atoms with Crippen LogP contribution in [0.5, 0.6) is 0 Å². The zero-order chi connectivity index (χ0) is 16.6. The quantitative estimate of drug-likeness (QED) is 0.778. The van der Waals surface area contributed by atoms with Gasteiger partial charge >= 0.3 is 0 Å². The Labute approximate surface area is 148 Å². The average Bonchev–Trinajstić information content (AvgIpc) is 2.57. The summed E-state index contributed by atoms with van der Waals surface area (Å²) in [6.07, 6.45) is 10.0. The summed E-state index contributed by atoms with van der Waals surface area (Å²) in [5.41, 5.74) is 6.65. The highest BCUT2D eigenvalue weighted by atomic mass is 32.2. The van der Waals surface area contributed by atoms with E-state index in [1.807, 2.05) is 12.1 Å². The summed E-state index contributed by atoms with van der Waals surface area (Å²) in [5.74, 6) is 3.57. The van der Waals surface area contributed by atoms with Crippen molar-refractivity contribution < 1.29 is 4.79 Å². The molecule has 0 atom stereocenters. The lowest BCUT2D eigenvalue weighted by atomic mass is 9.49. The predicted molar refractivity (Wildman–Crippen MR) is 97.0 cm³/mol. The second-order valence-corrected chi connectivity index (χ2v) is 9.18. The molecule has 3 N–H and O–H groups in total. The van der Waals surface area contributed by atoms with E-state index in [0.29, 0.717) is 17.5 Å². The summed E-state index contributed by atoms with van der Waals surface area (Å²) >= 11 is 1.56. The smallest absolute Gasteiger partial charge is 0.254 e. The van der Waals surface area contributed by atoms with E-state index in [2.05, 4.69) is 10.3 Å². The van der Waals surface area contributed by atoms with Crippen molar-refractivity contribution in [2.45, 2.75) is 43.6 Å². The average molecular weight is 346 g/mol. The first-order valence-electron chi connectivity index (χ1n) is 9.23. The van der Waals surface area contributed by atoms with E-state index in [9.17, 15) is 4.79 Å². The van der Waals surface area contributed by atoms with Crippen LogP contribution < -0.4 is 11.1 Å². The van der Waals surface area contributed by atoms with E-state index < -0.39 is 0 Å². The molecule has 4 nitrogen and oxygen atoms in total. The molecule has 4 fully saturated rings. The molecule has 0 unspecified atom stereocenters. The lowest BCUT2D eigenvalue weighted by Crippen LogP contribution is -2.51. The first kappa shape index (κ1) is 16.4. The number of nitrogens with zero attached hydrogens (tertiary/aromatic N) is 1. The molecule has 24 heavy (non-hydrogen) atoms. The van der Waals surface area contributed by atoms with Crippen molar-refractivity contribution in [2.75, 3.05) is 18.8 Å². The summed E-state index contributed by atoms with van der Waals surface area (Å²) in [5, 5.41) is 4.05. The molecule has 1 aromatic rings. The van der Waals surface area contributed by atoms with Crippen LogP contribution in [0, 0.1) is 23.2 Å². The van der Waals surface area contributed by atoms with Gasteiger partial charge in [0.15, 0.2) is 0 Å². The van der Waals surface area contributed by atoms with E-state index in [1.54, 1.807) is 18.0 Å². The topological polar surface area (TPSA) is 68.0 Å². The monoisotopic (exact) mass is 345 g/mol. The molecule has 0 aromatic carbocycles. The Morgan fingerprint density at radius 1 is 1.25 bits per heavy atom. The SMILES string of the molecule is NCCSc1ncccc1C(=O)NCC12CC3CC(CC(C3)C1)C2. The summed E-state index contributed by atoms with van der Waals surface area (Å²) in [6, 6.07) is 3.72. The first-order chi connectivity index (χ1) is 11.7. The fourth-order valence-electron chi connectivity index (χ4n) is 5.70. The first-order valence-corrected chi connectivity index (χ1v) is 10.2. The van der Waals surface area contributed by atoms with Gasteiger partial charge in [-0.2, -0.15) is 0 Å². The number of carbonyl (C=O) groups excluding carboxylic acids is 1. The highest BCUT2D eigenvalue weighted by Crippen LogP contribution is 2.59. The Kier molecular flexibility index (Phi) is 4.56. The van der Waals surface area contributed by atoms with Crippen LogP contribution in [0.1, 0.15) is 48.9 Å². The molecule has 0 saturated heterocycles. The van der Waals surface area contributed by atoms with Crippen LogP contribution in [0.3, 0.4) is 0 Å². The van der Waals surface area contributed by atoms with Gasteiger partial charge in [-0.1, -0.05) is 0 Å². The number of aromatic nitrogens is 1. The van der Waals surface area contributed by atoms with Gasteiger partial charge in [-0.15, -0.1) is 11.8 Å². The minimum atomic E-state index is 0.0263. The molecule has 0 aliphatic heterocycles. The van der Waals surface area contributed by atoms with Crippen LogP contribution in [0.4, 0.5) is 0 Å².